The second-order valence-electron chi connectivity index (χ2n) is 5.25. The van der Waals surface area contributed by atoms with Gasteiger partial charge in [0.2, 0.25) is 0 Å². The molecule has 3 heteroatoms. The first kappa shape index (κ1) is 14.4. The van der Waals surface area contributed by atoms with Crippen LogP contribution in [0, 0.1) is 0 Å². The number of ether oxygens (including phenoxy) is 1. The highest BCUT2D eigenvalue weighted by atomic mass is 16.5. The lowest BCUT2D eigenvalue weighted by atomic mass is 10.2. The fraction of sp³-hybridized carbons (Fsp3) is 0.625. The lowest BCUT2D eigenvalue weighted by molar-refractivity contribution is 0.272. The fourth-order valence-corrected chi connectivity index (χ4v) is 2.08. The van der Waals surface area contributed by atoms with Crippen LogP contribution in [-0.4, -0.2) is 24.4 Å². The SMILES string of the molecule is OCCCCCCOc1ccccc1CNC1CC1. The number of benzene rings is 1. The maximum atomic E-state index is 8.71. The summed E-state index contributed by atoms with van der Waals surface area (Å²) in [7, 11) is 0. The van der Waals surface area contributed by atoms with Crippen LogP contribution in [0.5, 0.6) is 5.75 Å². The van der Waals surface area contributed by atoms with Crippen molar-refractivity contribution in [2.45, 2.75) is 51.1 Å². The van der Waals surface area contributed by atoms with Crippen molar-refractivity contribution in [2.75, 3.05) is 13.2 Å². The smallest absolute Gasteiger partial charge is 0.123 e. The first-order chi connectivity index (χ1) is 9.40. The van der Waals surface area contributed by atoms with Crippen LogP contribution in [0.4, 0.5) is 0 Å². The molecule has 19 heavy (non-hydrogen) atoms. The van der Waals surface area contributed by atoms with Crippen LogP contribution in [0.2, 0.25) is 0 Å². The second-order valence-corrected chi connectivity index (χ2v) is 5.25. The molecule has 0 aromatic heterocycles. The Morgan fingerprint density at radius 3 is 2.68 bits per heavy atom. The van der Waals surface area contributed by atoms with E-state index in [4.69, 9.17) is 9.84 Å². The molecule has 0 heterocycles. The summed E-state index contributed by atoms with van der Waals surface area (Å²) < 4.78 is 5.87. The summed E-state index contributed by atoms with van der Waals surface area (Å²) in [6, 6.07) is 9.01. The molecule has 1 aromatic carbocycles. The van der Waals surface area contributed by atoms with E-state index in [1.807, 2.05) is 6.07 Å². The molecule has 1 aliphatic carbocycles. The van der Waals surface area contributed by atoms with Crippen LogP contribution in [0.15, 0.2) is 24.3 Å². The van der Waals surface area contributed by atoms with E-state index in [0.717, 1.165) is 50.6 Å². The standard InChI is InChI=1S/C16H25NO2/c18-11-5-1-2-6-12-19-16-8-4-3-7-14(16)13-17-15-9-10-15/h3-4,7-8,15,17-18H,1-2,5-6,9-13H2. The van der Waals surface area contributed by atoms with Gasteiger partial charge in [0.25, 0.3) is 0 Å². The molecule has 0 spiro atoms. The molecule has 2 rings (SSSR count). The van der Waals surface area contributed by atoms with Gasteiger partial charge in [0.05, 0.1) is 6.61 Å². The molecular weight excluding hydrogens is 238 g/mol. The number of rotatable bonds is 10. The molecule has 0 radical (unpaired) electrons. The van der Waals surface area contributed by atoms with E-state index in [0.29, 0.717) is 6.61 Å². The van der Waals surface area contributed by atoms with E-state index in [1.165, 1.54) is 18.4 Å². The highest BCUT2D eigenvalue weighted by Gasteiger charge is 2.20. The molecule has 1 saturated carbocycles. The van der Waals surface area contributed by atoms with Crippen molar-refractivity contribution in [1.82, 2.24) is 5.32 Å². The van der Waals surface area contributed by atoms with Crippen molar-refractivity contribution < 1.29 is 9.84 Å². The Morgan fingerprint density at radius 1 is 1.11 bits per heavy atom. The molecule has 1 fully saturated rings. The largest absolute Gasteiger partial charge is 0.493 e. The number of aliphatic hydroxyl groups is 1. The van der Waals surface area contributed by atoms with Crippen LogP contribution in [-0.2, 0) is 6.54 Å². The molecule has 3 nitrogen and oxygen atoms in total. The van der Waals surface area contributed by atoms with Crippen molar-refractivity contribution in [3.8, 4) is 5.75 Å². The second kappa shape index (κ2) is 8.18. The van der Waals surface area contributed by atoms with Gasteiger partial charge < -0.3 is 15.2 Å². The average Bonchev–Trinajstić information content (AvgIpc) is 3.25. The minimum atomic E-state index is 0.302. The Hall–Kier alpha value is -1.06. The van der Waals surface area contributed by atoms with Crippen LogP contribution in [0.1, 0.15) is 44.1 Å². The van der Waals surface area contributed by atoms with Gasteiger partial charge in [0.1, 0.15) is 5.75 Å². The van der Waals surface area contributed by atoms with Gasteiger partial charge in [-0.05, 0) is 38.2 Å². The summed E-state index contributed by atoms with van der Waals surface area (Å²) in [4.78, 5) is 0. The van der Waals surface area contributed by atoms with Gasteiger partial charge in [-0.3, -0.25) is 0 Å². The predicted molar refractivity (Wildman–Crippen MR) is 77.4 cm³/mol. The summed E-state index contributed by atoms with van der Waals surface area (Å²) in [5, 5.41) is 12.2. The molecule has 0 amide bonds. The number of nitrogens with one attached hydrogen (secondary N) is 1. The average molecular weight is 263 g/mol. The van der Waals surface area contributed by atoms with Gasteiger partial charge >= 0.3 is 0 Å². The maximum absolute atomic E-state index is 8.71. The lowest BCUT2D eigenvalue weighted by Gasteiger charge is -2.12. The summed E-state index contributed by atoms with van der Waals surface area (Å²) in [6.07, 6.45) is 6.81. The van der Waals surface area contributed by atoms with Crippen LogP contribution >= 0.6 is 0 Å². The van der Waals surface area contributed by atoms with Gasteiger partial charge in [-0.25, -0.2) is 0 Å². The van der Waals surface area contributed by atoms with E-state index in [-0.39, 0.29) is 0 Å². The summed E-state index contributed by atoms with van der Waals surface area (Å²) >= 11 is 0. The molecule has 0 aliphatic heterocycles. The Balaban J connectivity index is 1.68. The zero-order chi connectivity index (χ0) is 13.3. The number of para-hydroxylation sites is 1. The van der Waals surface area contributed by atoms with Crippen LogP contribution < -0.4 is 10.1 Å². The molecule has 1 aromatic rings. The molecule has 0 atom stereocenters. The lowest BCUT2D eigenvalue weighted by Crippen LogP contribution is -2.16. The number of unbranched alkanes of at least 4 members (excludes halogenated alkanes) is 3. The quantitative estimate of drug-likeness (QED) is 0.638. The number of hydrogen-bond acceptors (Lipinski definition) is 3. The van der Waals surface area contributed by atoms with E-state index in [2.05, 4.69) is 23.5 Å². The zero-order valence-electron chi connectivity index (χ0n) is 11.6. The third-order valence-electron chi connectivity index (χ3n) is 3.44. The van der Waals surface area contributed by atoms with Crippen molar-refractivity contribution >= 4 is 0 Å². The Morgan fingerprint density at radius 2 is 1.89 bits per heavy atom. The molecular formula is C16H25NO2. The van der Waals surface area contributed by atoms with Crippen LogP contribution in [0.25, 0.3) is 0 Å². The minimum absolute atomic E-state index is 0.302. The van der Waals surface area contributed by atoms with E-state index in [1.54, 1.807) is 0 Å². The summed E-state index contributed by atoms with van der Waals surface area (Å²) in [6.45, 7) is 1.98. The molecule has 0 unspecified atom stereocenters. The first-order valence-electron chi connectivity index (χ1n) is 7.45. The van der Waals surface area contributed by atoms with Gasteiger partial charge in [-0.1, -0.05) is 24.6 Å². The van der Waals surface area contributed by atoms with E-state index in [9.17, 15) is 0 Å². The van der Waals surface area contributed by atoms with Crippen molar-refractivity contribution in [3.05, 3.63) is 29.8 Å². The monoisotopic (exact) mass is 263 g/mol. The number of aliphatic hydroxyl groups excluding tert-OH is 1. The summed E-state index contributed by atoms with van der Waals surface area (Å²) in [5.74, 6) is 1.01. The van der Waals surface area contributed by atoms with Gasteiger partial charge in [0.15, 0.2) is 0 Å². The highest BCUT2D eigenvalue weighted by Crippen LogP contribution is 2.22. The topological polar surface area (TPSA) is 41.5 Å². The minimum Gasteiger partial charge on any atom is -0.493 e. The van der Waals surface area contributed by atoms with Crippen LogP contribution in [0.3, 0.4) is 0 Å². The van der Waals surface area contributed by atoms with Gasteiger partial charge in [0, 0.05) is 24.8 Å². The Labute approximate surface area is 116 Å². The third kappa shape index (κ3) is 5.62. The maximum Gasteiger partial charge on any atom is 0.123 e. The molecule has 0 bridgehead atoms. The third-order valence-corrected chi connectivity index (χ3v) is 3.44. The van der Waals surface area contributed by atoms with Crippen molar-refractivity contribution in [3.63, 3.8) is 0 Å². The normalized spacial score (nSPS) is 14.6. The predicted octanol–water partition coefficient (Wildman–Crippen LogP) is 2.87. The Bertz CT molecular complexity index is 364. The zero-order valence-corrected chi connectivity index (χ0v) is 11.6. The molecule has 1 aliphatic rings. The molecule has 2 N–H and O–H groups in total. The molecule has 0 saturated heterocycles. The highest BCUT2D eigenvalue weighted by molar-refractivity contribution is 5.33. The van der Waals surface area contributed by atoms with E-state index < -0.39 is 0 Å². The van der Waals surface area contributed by atoms with Gasteiger partial charge in [-0.2, -0.15) is 0 Å². The first-order valence-corrected chi connectivity index (χ1v) is 7.45. The Kier molecular flexibility index (Phi) is 6.18. The number of hydrogen-bond donors (Lipinski definition) is 2. The van der Waals surface area contributed by atoms with Crippen molar-refractivity contribution in [2.24, 2.45) is 0 Å². The molecule has 106 valence electrons. The van der Waals surface area contributed by atoms with E-state index >= 15 is 0 Å². The van der Waals surface area contributed by atoms with Crippen molar-refractivity contribution in [1.29, 1.82) is 0 Å². The van der Waals surface area contributed by atoms with Gasteiger partial charge in [-0.15, -0.1) is 0 Å². The fourth-order valence-electron chi connectivity index (χ4n) is 2.08. The summed E-state index contributed by atoms with van der Waals surface area (Å²) in [5.41, 5.74) is 1.25.